The number of ether oxygens (including phenoxy) is 2. The van der Waals surface area contributed by atoms with Crippen LogP contribution in [0.1, 0.15) is 121 Å². The maximum atomic E-state index is 13.6. The Morgan fingerprint density at radius 2 is 1.60 bits per heavy atom. The molecule has 0 aromatic rings. The van der Waals surface area contributed by atoms with Gasteiger partial charge in [-0.15, -0.1) is 0 Å². The molecule has 8 nitrogen and oxygen atoms in total. The van der Waals surface area contributed by atoms with Crippen LogP contribution in [0.25, 0.3) is 0 Å². The van der Waals surface area contributed by atoms with Crippen LogP contribution in [0.2, 0.25) is 0 Å². The summed E-state index contributed by atoms with van der Waals surface area (Å²) in [7, 11) is 0. The van der Waals surface area contributed by atoms with Gasteiger partial charge in [-0.2, -0.15) is 0 Å². The van der Waals surface area contributed by atoms with E-state index in [1.165, 1.54) is 0 Å². The topological polar surface area (TPSA) is 134 Å². The van der Waals surface area contributed by atoms with E-state index in [9.17, 15) is 30.0 Å². The molecule has 0 amide bonds. The van der Waals surface area contributed by atoms with Crippen molar-refractivity contribution in [3.05, 3.63) is 23.3 Å². The Hall–Kier alpha value is -1.74. The fourth-order valence-electron chi connectivity index (χ4n) is 12.0. The van der Waals surface area contributed by atoms with Gasteiger partial charge in [0.05, 0.1) is 36.3 Å². The first-order valence-electron chi connectivity index (χ1n) is 18.6. The SMILES string of the molecule is CC=C(C)C(=O)OC1C(OC(=O)C(C)CC)C2(CO)C(CC1(C)C)C1=CCC3C4(C)CCC(O)C(C)(C)C4CCC3(C)C1(C)C(O)C2O. The van der Waals surface area contributed by atoms with Crippen LogP contribution in [0.4, 0.5) is 0 Å². The number of fused-ring (bicyclic) bond motifs is 7. The van der Waals surface area contributed by atoms with E-state index in [1.54, 1.807) is 26.8 Å². The molecule has 48 heavy (non-hydrogen) atoms. The van der Waals surface area contributed by atoms with Gasteiger partial charge in [-0.25, -0.2) is 4.79 Å². The van der Waals surface area contributed by atoms with E-state index in [4.69, 9.17) is 9.47 Å². The number of aliphatic hydroxyl groups is 4. The third kappa shape index (κ3) is 4.88. The van der Waals surface area contributed by atoms with Crippen molar-refractivity contribution in [2.75, 3.05) is 6.61 Å². The molecule has 0 aromatic carbocycles. The number of hydrogen-bond donors (Lipinski definition) is 4. The zero-order valence-electron chi connectivity index (χ0n) is 31.4. The molecule has 0 saturated heterocycles. The molecule has 4 saturated carbocycles. The van der Waals surface area contributed by atoms with Crippen molar-refractivity contribution in [3.63, 3.8) is 0 Å². The Labute approximate surface area is 288 Å². The van der Waals surface area contributed by atoms with Crippen molar-refractivity contribution in [3.8, 4) is 0 Å². The lowest BCUT2D eigenvalue weighted by Gasteiger charge is -2.73. The molecule has 4 fully saturated rings. The molecule has 0 radical (unpaired) electrons. The van der Waals surface area contributed by atoms with Crippen LogP contribution in [-0.2, 0) is 19.1 Å². The minimum absolute atomic E-state index is 0.0684. The molecular weight excluding hydrogens is 608 g/mol. The number of allylic oxidation sites excluding steroid dienone is 2. The molecule has 5 aliphatic carbocycles. The summed E-state index contributed by atoms with van der Waals surface area (Å²) in [5.41, 5.74) is -2.30. The molecule has 4 N–H and O–H groups in total. The van der Waals surface area contributed by atoms with Crippen molar-refractivity contribution in [1.82, 2.24) is 0 Å². The second-order valence-corrected chi connectivity index (χ2v) is 18.4. The van der Waals surface area contributed by atoms with E-state index < -0.39 is 71.0 Å². The average molecular weight is 673 g/mol. The number of carbonyl (C=O) groups is 2. The number of esters is 2. The third-order valence-electron chi connectivity index (χ3n) is 15.7. The van der Waals surface area contributed by atoms with E-state index in [1.807, 2.05) is 20.8 Å². The van der Waals surface area contributed by atoms with Gasteiger partial charge in [0, 0.05) is 16.4 Å². The van der Waals surface area contributed by atoms with Crippen molar-refractivity contribution in [2.24, 2.45) is 56.2 Å². The zero-order chi connectivity index (χ0) is 36.0. The summed E-state index contributed by atoms with van der Waals surface area (Å²) in [6, 6.07) is 0. The Bertz CT molecular complexity index is 1350. The first kappa shape index (κ1) is 37.5. The van der Waals surface area contributed by atoms with Crippen LogP contribution in [0, 0.1) is 56.2 Å². The number of aliphatic hydroxyl groups excluding tert-OH is 4. The predicted molar refractivity (Wildman–Crippen MR) is 184 cm³/mol. The summed E-state index contributed by atoms with van der Waals surface area (Å²) in [5.74, 6) is -1.39. The third-order valence-corrected chi connectivity index (χ3v) is 15.7. The highest BCUT2D eigenvalue weighted by Gasteiger charge is 2.76. The van der Waals surface area contributed by atoms with Gasteiger partial charge in [0.2, 0.25) is 0 Å². The monoisotopic (exact) mass is 672 g/mol. The average Bonchev–Trinajstić information content (AvgIpc) is 3.03. The van der Waals surface area contributed by atoms with Gasteiger partial charge in [0.25, 0.3) is 0 Å². The van der Waals surface area contributed by atoms with Crippen molar-refractivity contribution in [1.29, 1.82) is 0 Å². The first-order chi connectivity index (χ1) is 22.2. The summed E-state index contributed by atoms with van der Waals surface area (Å²) < 4.78 is 12.5. The quantitative estimate of drug-likeness (QED) is 0.150. The first-order valence-corrected chi connectivity index (χ1v) is 18.6. The van der Waals surface area contributed by atoms with Crippen LogP contribution < -0.4 is 0 Å². The molecule has 8 heteroatoms. The number of rotatable bonds is 6. The van der Waals surface area contributed by atoms with Gasteiger partial charge in [0.1, 0.15) is 6.10 Å². The Morgan fingerprint density at radius 3 is 2.19 bits per heavy atom. The molecule has 0 heterocycles. The lowest BCUT2D eigenvalue weighted by Crippen LogP contribution is -2.76. The highest BCUT2D eigenvalue weighted by Crippen LogP contribution is 2.76. The van der Waals surface area contributed by atoms with Crippen LogP contribution in [-0.4, -0.2) is 69.5 Å². The lowest BCUT2D eigenvalue weighted by molar-refractivity contribution is -0.293. The molecule has 0 spiro atoms. The minimum Gasteiger partial charge on any atom is -0.457 e. The maximum absolute atomic E-state index is 13.6. The number of carbonyl (C=O) groups excluding carboxylic acids is 2. The van der Waals surface area contributed by atoms with Gasteiger partial charge in [-0.3, -0.25) is 4.79 Å². The van der Waals surface area contributed by atoms with Crippen LogP contribution in [0.15, 0.2) is 23.3 Å². The van der Waals surface area contributed by atoms with Crippen molar-refractivity contribution < 1.29 is 39.5 Å². The van der Waals surface area contributed by atoms with E-state index in [2.05, 4.69) is 40.7 Å². The summed E-state index contributed by atoms with van der Waals surface area (Å²) in [5, 5.41) is 47.8. The van der Waals surface area contributed by atoms with Crippen molar-refractivity contribution in [2.45, 2.75) is 152 Å². The minimum atomic E-state index is -1.50. The summed E-state index contributed by atoms with van der Waals surface area (Å²) in [6.45, 7) is 21.8. The molecule has 13 unspecified atom stereocenters. The second kappa shape index (κ2) is 12.2. The van der Waals surface area contributed by atoms with Crippen LogP contribution >= 0.6 is 0 Å². The zero-order valence-corrected chi connectivity index (χ0v) is 31.4. The molecule has 0 aliphatic heterocycles. The normalized spacial score (nSPS) is 46.9. The molecule has 13 atom stereocenters. The summed E-state index contributed by atoms with van der Waals surface area (Å²) >= 11 is 0. The summed E-state index contributed by atoms with van der Waals surface area (Å²) in [6.07, 6.45) is 3.88. The van der Waals surface area contributed by atoms with Gasteiger partial charge >= 0.3 is 11.9 Å². The van der Waals surface area contributed by atoms with E-state index in [-0.39, 0.29) is 28.3 Å². The fraction of sp³-hybridized carbons (Fsp3) is 0.850. The van der Waals surface area contributed by atoms with E-state index >= 15 is 0 Å². The molecule has 5 rings (SSSR count). The molecule has 0 bridgehead atoms. The van der Waals surface area contributed by atoms with Gasteiger partial charge in [-0.05, 0) is 92.8 Å². The smallest absolute Gasteiger partial charge is 0.333 e. The van der Waals surface area contributed by atoms with E-state index in [0.717, 1.165) is 37.7 Å². The highest BCUT2D eigenvalue weighted by molar-refractivity contribution is 5.87. The second-order valence-electron chi connectivity index (χ2n) is 18.4. The molecular formula is C40H64O8. The molecule has 5 aliphatic rings. The summed E-state index contributed by atoms with van der Waals surface area (Å²) in [4.78, 5) is 26.9. The van der Waals surface area contributed by atoms with Crippen LogP contribution in [0.3, 0.4) is 0 Å². The van der Waals surface area contributed by atoms with Crippen molar-refractivity contribution >= 4 is 11.9 Å². The Balaban J connectivity index is 1.68. The number of hydrogen-bond acceptors (Lipinski definition) is 8. The molecule has 0 aromatic heterocycles. The van der Waals surface area contributed by atoms with Crippen LogP contribution in [0.5, 0.6) is 0 Å². The lowest BCUT2D eigenvalue weighted by atomic mass is 9.32. The van der Waals surface area contributed by atoms with Gasteiger partial charge < -0.3 is 29.9 Å². The maximum Gasteiger partial charge on any atom is 0.333 e. The van der Waals surface area contributed by atoms with Gasteiger partial charge in [-0.1, -0.05) is 80.0 Å². The molecule has 272 valence electrons. The fourth-order valence-corrected chi connectivity index (χ4v) is 12.0. The Kier molecular flexibility index (Phi) is 9.53. The standard InChI is InChI=1S/C40H64O8/c1-12-22(3)33(45)47-31-32(48-34(46)23(4)13-2)40(21-41)25(20-35(31,5)6)24-14-15-27-37(9)18-17-28(42)36(7,8)26(37)16-19-38(27,10)39(24,11)29(43)30(40)44/h12,14,23,25-32,41-44H,13,15-21H2,1-11H3. The highest BCUT2D eigenvalue weighted by atomic mass is 16.6. The van der Waals surface area contributed by atoms with Gasteiger partial charge in [0.15, 0.2) is 6.10 Å². The predicted octanol–water partition coefficient (Wildman–Crippen LogP) is 6.14. The largest absolute Gasteiger partial charge is 0.457 e. The van der Waals surface area contributed by atoms with E-state index in [0.29, 0.717) is 24.3 Å². The Morgan fingerprint density at radius 1 is 0.958 bits per heavy atom.